The molecule has 4 rings (SSSR count). The van der Waals surface area contributed by atoms with Crippen molar-refractivity contribution in [3.63, 3.8) is 0 Å². The van der Waals surface area contributed by atoms with E-state index in [1.807, 2.05) is 23.1 Å². The minimum atomic E-state index is -0.890. The zero-order valence-electron chi connectivity index (χ0n) is 14.8. The maximum absolute atomic E-state index is 13.4. The number of hydrogen-bond donors (Lipinski definition) is 2. The summed E-state index contributed by atoms with van der Waals surface area (Å²) in [6, 6.07) is 9.51. The third kappa shape index (κ3) is 3.70. The highest BCUT2D eigenvalue weighted by Gasteiger charge is 2.32. The van der Waals surface area contributed by atoms with Gasteiger partial charge < -0.3 is 10.1 Å². The fraction of sp³-hybridized carbons (Fsp3) is 0.300. The van der Waals surface area contributed by atoms with Gasteiger partial charge in [0.15, 0.2) is 0 Å². The SMILES string of the molecule is O=C(O)C(c1c[nH]c2cc(F)ccc12)N1CCN(Cc2ccccn2)CC1. The number of carboxylic acids is 1. The Labute approximate surface area is 156 Å². The summed E-state index contributed by atoms with van der Waals surface area (Å²) in [5.74, 6) is -1.23. The van der Waals surface area contributed by atoms with Gasteiger partial charge in [0.05, 0.1) is 5.69 Å². The molecule has 6 nitrogen and oxygen atoms in total. The average Bonchev–Trinajstić information content (AvgIpc) is 3.06. The first-order valence-electron chi connectivity index (χ1n) is 8.97. The standard InChI is InChI=1S/C20H21FN4O2/c21-14-4-5-16-17(12-23-18(16)11-14)19(20(26)27)25-9-7-24(8-10-25)13-15-3-1-2-6-22-15/h1-6,11-12,19,23H,7-10,13H2,(H,26,27). The molecule has 140 valence electrons. The number of halogens is 1. The smallest absolute Gasteiger partial charge is 0.325 e. The van der Waals surface area contributed by atoms with Crippen molar-refractivity contribution in [2.75, 3.05) is 26.2 Å². The molecule has 1 atom stereocenters. The highest BCUT2D eigenvalue weighted by Crippen LogP contribution is 2.30. The summed E-state index contributed by atoms with van der Waals surface area (Å²) in [4.78, 5) is 23.6. The number of pyridine rings is 1. The highest BCUT2D eigenvalue weighted by atomic mass is 19.1. The monoisotopic (exact) mass is 368 g/mol. The molecule has 2 aromatic heterocycles. The number of aliphatic carboxylic acids is 1. The van der Waals surface area contributed by atoms with Crippen molar-refractivity contribution < 1.29 is 14.3 Å². The van der Waals surface area contributed by atoms with Crippen LogP contribution in [0.5, 0.6) is 0 Å². The van der Waals surface area contributed by atoms with Gasteiger partial charge in [0.1, 0.15) is 11.9 Å². The van der Waals surface area contributed by atoms with Crippen molar-refractivity contribution >= 4 is 16.9 Å². The van der Waals surface area contributed by atoms with E-state index in [1.54, 1.807) is 18.5 Å². The Morgan fingerprint density at radius 1 is 1.22 bits per heavy atom. The second-order valence-electron chi connectivity index (χ2n) is 6.81. The van der Waals surface area contributed by atoms with Crippen LogP contribution >= 0.6 is 0 Å². The van der Waals surface area contributed by atoms with E-state index in [0.717, 1.165) is 30.7 Å². The van der Waals surface area contributed by atoms with Crippen molar-refractivity contribution in [1.29, 1.82) is 0 Å². The summed E-state index contributed by atoms with van der Waals surface area (Å²) < 4.78 is 13.4. The van der Waals surface area contributed by atoms with Gasteiger partial charge in [-0.25, -0.2) is 4.39 Å². The molecule has 0 saturated carbocycles. The molecule has 0 spiro atoms. The van der Waals surface area contributed by atoms with Gasteiger partial charge in [-0.05, 0) is 30.3 Å². The Balaban J connectivity index is 1.49. The Bertz CT molecular complexity index is 936. The van der Waals surface area contributed by atoms with Gasteiger partial charge in [0.25, 0.3) is 0 Å². The van der Waals surface area contributed by atoms with Crippen molar-refractivity contribution in [3.8, 4) is 0 Å². The van der Waals surface area contributed by atoms with Crippen molar-refractivity contribution in [3.05, 3.63) is 65.9 Å². The van der Waals surface area contributed by atoms with Gasteiger partial charge in [-0.1, -0.05) is 6.07 Å². The van der Waals surface area contributed by atoms with Crippen LogP contribution in [0.2, 0.25) is 0 Å². The van der Waals surface area contributed by atoms with E-state index in [4.69, 9.17) is 0 Å². The summed E-state index contributed by atoms with van der Waals surface area (Å²) in [5, 5.41) is 10.6. The summed E-state index contributed by atoms with van der Waals surface area (Å²) >= 11 is 0. The molecule has 0 aliphatic carbocycles. The number of aromatic nitrogens is 2. The Hall–Kier alpha value is -2.77. The summed E-state index contributed by atoms with van der Waals surface area (Å²) in [5.41, 5.74) is 2.31. The van der Waals surface area contributed by atoms with Crippen LogP contribution < -0.4 is 0 Å². The summed E-state index contributed by atoms with van der Waals surface area (Å²) in [6.45, 7) is 3.61. The maximum atomic E-state index is 13.4. The fourth-order valence-corrected chi connectivity index (χ4v) is 3.73. The number of carbonyl (C=O) groups is 1. The lowest BCUT2D eigenvalue weighted by molar-refractivity contribution is -0.144. The van der Waals surface area contributed by atoms with Crippen LogP contribution in [0.3, 0.4) is 0 Å². The molecule has 27 heavy (non-hydrogen) atoms. The normalized spacial score (nSPS) is 17.2. The molecule has 1 fully saturated rings. The third-order valence-electron chi connectivity index (χ3n) is 5.09. The lowest BCUT2D eigenvalue weighted by Crippen LogP contribution is -2.48. The van der Waals surface area contributed by atoms with E-state index in [0.29, 0.717) is 24.2 Å². The van der Waals surface area contributed by atoms with Crippen LogP contribution in [0.1, 0.15) is 17.3 Å². The highest BCUT2D eigenvalue weighted by molar-refractivity contribution is 5.89. The largest absolute Gasteiger partial charge is 0.480 e. The van der Waals surface area contributed by atoms with E-state index in [1.165, 1.54) is 12.1 Å². The quantitative estimate of drug-likeness (QED) is 0.724. The molecule has 1 aliphatic rings. The number of nitrogens with one attached hydrogen (secondary N) is 1. The molecule has 1 saturated heterocycles. The lowest BCUT2D eigenvalue weighted by Gasteiger charge is -2.37. The molecule has 0 radical (unpaired) electrons. The molecule has 2 N–H and O–H groups in total. The number of carboxylic acid groups (broad SMARTS) is 1. The average molecular weight is 368 g/mol. The lowest BCUT2D eigenvalue weighted by atomic mass is 10.0. The number of nitrogens with zero attached hydrogens (tertiary/aromatic N) is 3. The zero-order valence-corrected chi connectivity index (χ0v) is 14.8. The van der Waals surface area contributed by atoms with E-state index in [2.05, 4.69) is 14.9 Å². The van der Waals surface area contributed by atoms with Crippen molar-refractivity contribution in [1.82, 2.24) is 19.8 Å². The zero-order chi connectivity index (χ0) is 18.8. The number of H-pyrrole nitrogens is 1. The van der Waals surface area contributed by atoms with Gasteiger partial charge in [0, 0.05) is 61.6 Å². The topological polar surface area (TPSA) is 72.5 Å². The van der Waals surface area contributed by atoms with E-state index >= 15 is 0 Å². The van der Waals surface area contributed by atoms with Gasteiger partial charge in [-0.2, -0.15) is 0 Å². The van der Waals surface area contributed by atoms with Crippen LogP contribution in [0.25, 0.3) is 10.9 Å². The van der Waals surface area contributed by atoms with Crippen LogP contribution in [0.15, 0.2) is 48.8 Å². The minimum Gasteiger partial charge on any atom is -0.480 e. The first-order valence-corrected chi connectivity index (χ1v) is 8.97. The predicted octanol–water partition coefficient (Wildman–Crippen LogP) is 2.65. The van der Waals surface area contributed by atoms with Crippen LogP contribution in [-0.4, -0.2) is 57.0 Å². The predicted molar refractivity (Wildman–Crippen MR) is 99.7 cm³/mol. The van der Waals surface area contributed by atoms with Crippen molar-refractivity contribution in [2.45, 2.75) is 12.6 Å². The van der Waals surface area contributed by atoms with Crippen LogP contribution in [0, 0.1) is 5.82 Å². The second kappa shape index (κ2) is 7.46. The Kier molecular flexibility index (Phi) is 4.87. The first-order chi connectivity index (χ1) is 13.1. The molecule has 7 heteroatoms. The molecule has 3 heterocycles. The number of aromatic amines is 1. The number of piperazine rings is 1. The molecule has 1 aromatic carbocycles. The molecule has 1 unspecified atom stereocenters. The third-order valence-corrected chi connectivity index (χ3v) is 5.09. The molecule has 0 amide bonds. The second-order valence-corrected chi connectivity index (χ2v) is 6.81. The van der Waals surface area contributed by atoms with Gasteiger partial charge in [-0.15, -0.1) is 0 Å². The Morgan fingerprint density at radius 3 is 2.74 bits per heavy atom. The number of hydrogen-bond acceptors (Lipinski definition) is 4. The summed E-state index contributed by atoms with van der Waals surface area (Å²) in [6.07, 6.45) is 3.47. The summed E-state index contributed by atoms with van der Waals surface area (Å²) in [7, 11) is 0. The Morgan fingerprint density at radius 2 is 2.04 bits per heavy atom. The maximum Gasteiger partial charge on any atom is 0.325 e. The fourth-order valence-electron chi connectivity index (χ4n) is 3.73. The molecule has 0 bridgehead atoms. The molecule has 3 aromatic rings. The number of fused-ring (bicyclic) bond motifs is 1. The van der Waals surface area contributed by atoms with Crippen molar-refractivity contribution in [2.24, 2.45) is 0 Å². The van der Waals surface area contributed by atoms with Crippen LogP contribution in [-0.2, 0) is 11.3 Å². The van der Waals surface area contributed by atoms with Gasteiger partial charge >= 0.3 is 5.97 Å². The molecule has 1 aliphatic heterocycles. The van der Waals surface area contributed by atoms with Crippen LogP contribution in [0.4, 0.5) is 4.39 Å². The van der Waals surface area contributed by atoms with E-state index < -0.39 is 12.0 Å². The molecular weight excluding hydrogens is 347 g/mol. The minimum absolute atomic E-state index is 0.342. The number of benzene rings is 1. The number of rotatable bonds is 5. The molecular formula is C20H21FN4O2. The first kappa shape index (κ1) is 17.6. The van der Waals surface area contributed by atoms with E-state index in [-0.39, 0.29) is 5.82 Å². The van der Waals surface area contributed by atoms with Gasteiger partial charge in [-0.3, -0.25) is 19.6 Å². The van der Waals surface area contributed by atoms with E-state index in [9.17, 15) is 14.3 Å². The van der Waals surface area contributed by atoms with Gasteiger partial charge in [0.2, 0.25) is 0 Å².